The number of carbonyl (C=O) groups is 1. The summed E-state index contributed by atoms with van der Waals surface area (Å²) in [5, 5.41) is 0.164. The van der Waals surface area contributed by atoms with E-state index in [1.165, 1.54) is 10.4 Å². The third kappa shape index (κ3) is 5.03. The number of morpholine rings is 1. The SMILES string of the molecule is O=C(C1CN(S(=O)(=O)c2ccccc2Cl)CCO1)N1CCC(Oc2ccccc2)CC1. The summed E-state index contributed by atoms with van der Waals surface area (Å²) in [5.74, 6) is 0.639. The third-order valence-corrected chi connectivity index (χ3v) is 7.92. The Morgan fingerprint density at radius 2 is 1.68 bits per heavy atom. The fraction of sp³-hybridized carbons (Fsp3) is 0.409. The summed E-state index contributed by atoms with van der Waals surface area (Å²) in [5.41, 5.74) is 0. The van der Waals surface area contributed by atoms with Gasteiger partial charge in [0.25, 0.3) is 5.91 Å². The zero-order valence-electron chi connectivity index (χ0n) is 17.0. The fourth-order valence-corrected chi connectivity index (χ4v) is 5.79. The first kappa shape index (κ1) is 22.1. The smallest absolute Gasteiger partial charge is 0.253 e. The minimum Gasteiger partial charge on any atom is -0.490 e. The van der Waals surface area contributed by atoms with Gasteiger partial charge in [0.2, 0.25) is 10.0 Å². The Morgan fingerprint density at radius 1 is 1.00 bits per heavy atom. The Kier molecular flexibility index (Phi) is 6.81. The van der Waals surface area contributed by atoms with E-state index in [1.807, 2.05) is 30.3 Å². The number of piperidine rings is 1. The fourth-order valence-electron chi connectivity index (χ4n) is 3.88. The molecule has 31 heavy (non-hydrogen) atoms. The summed E-state index contributed by atoms with van der Waals surface area (Å²) in [6.45, 7) is 1.42. The number of nitrogens with zero attached hydrogens (tertiary/aromatic N) is 2. The van der Waals surface area contributed by atoms with Crippen molar-refractivity contribution in [2.75, 3.05) is 32.8 Å². The standard InChI is InChI=1S/C22H25ClN2O5S/c23-19-8-4-5-9-21(19)31(27,28)25-14-15-29-20(16-25)22(26)24-12-10-18(11-13-24)30-17-6-2-1-3-7-17/h1-9,18,20H,10-16H2. The summed E-state index contributed by atoms with van der Waals surface area (Å²) in [4.78, 5) is 14.8. The Hall–Kier alpha value is -2.13. The van der Waals surface area contributed by atoms with E-state index in [9.17, 15) is 13.2 Å². The number of sulfonamides is 1. The lowest BCUT2D eigenvalue weighted by Crippen LogP contribution is -2.54. The molecule has 0 aromatic heterocycles. The number of hydrogen-bond acceptors (Lipinski definition) is 5. The van der Waals surface area contributed by atoms with Crippen LogP contribution in [0.1, 0.15) is 12.8 Å². The highest BCUT2D eigenvalue weighted by molar-refractivity contribution is 7.89. The van der Waals surface area contributed by atoms with Crippen LogP contribution in [-0.4, -0.2) is 68.5 Å². The van der Waals surface area contributed by atoms with Crippen LogP contribution in [0.4, 0.5) is 0 Å². The second-order valence-electron chi connectivity index (χ2n) is 7.61. The zero-order chi connectivity index (χ0) is 21.8. The predicted octanol–water partition coefficient (Wildman–Crippen LogP) is 2.80. The van der Waals surface area contributed by atoms with Crippen LogP contribution >= 0.6 is 11.6 Å². The number of ether oxygens (including phenoxy) is 2. The number of benzene rings is 2. The lowest BCUT2D eigenvalue weighted by atomic mass is 10.1. The summed E-state index contributed by atoms with van der Waals surface area (Å²) >= 11 is 6.10. The molecule has 2 aliphatic heterocycles. The molecule has 4 rings (SSSR count). The first-order chi connectivity index (χ1) is 14.9. The molecule has 0 saturated carbocycles. The van der Waals surface area contributed by atoms with Crippen molar-refractivity contribution in [3.63, 3.8) is 0 Å². The highest BCUT2D eigenvalue weighted by Gasteiger charge is 2.37. The molecule has 2 fully saturated rings. The predicted molar refractivity (Wildman–Crippen MR) is 117 cm³/mol. The number of likely N-dealkylation sites (tertiary alicyclic amines) is 1. The summed E-state index contributed by atoms with van der Waals surface area (Å²) in [7, 11) is -3.80. The minimum absolute atomic E-state index is 0.0210. The lowest BCUT2D eigenvalue weighted by molar-refractivity contribution is -0.149. The Labute approximate surface area is 187 Å². The number of para-hydroxylation sites is 1. The zero-order valence-corrected chi connectivity index (χ0v) is 18.6. The van der Waals surface area contributed by atoms with Crippen molar-refractivity contribution < 1.29 is 22.7 Å². The average molecular weight is 465 g/mol. The Morgan fingerprint density at radius 3 is 2.39 bits per heavy atom. The van der Waals surface area contributed by atoms with Crippen LogP contribution in [0.3, 0.4) is 0 Å². The van der Waals surface area contributed by atoms with E-state index in [2.05, 4.69) is 0 Å². The minimum atomic E-state index is -3.80. The molecule has 0 spiro atoms. The van der Waals surface area contributed by atoms with Crippen LogP contribution in [0, 0.1) is 0 Å². The topological polar surface area (TPSA) is 76.2 Å². The highest BCUT2D eigenvalue weighted by atomic mass is 35.5. The van der Waals surface area contributed by atoms with Gasteiger partial charge in [-0.05, 0) is 24.3 Å². The van der Waals surface area contributed by atoms with Crippen LogP contribution in [0.15, 0.2) is 59.5 Å². The largest absolute Gasteiger partial charge is 0.490 e. The monoisotopic (exact) mass is 464 g/mol. The maximum Gasteiger partial charge on any atom is 0.253 e. The van der Waals surface area contributed by atoms with Gasteiger partial charge >= 0.3 is 0 Å². The van der Waals surface area contributed by atoms with E-state index in [0.717, 1.165) is 18.6 Å². The van der Waals surface area contributed by atoms with Crippen LogP contribution in [0.5, 0.6) is 5.75 Å². The van der Waals surface area contributed by atoms with Gasteiger partial charge in [-0.1, -0.05) is 41.9 Å². The molecular formula is C22H25ClN2O5S. The molecule has 2 saturated heterocycles. The Bertz CT molecular complexity index is 1010. The molecule has 2 aromatic carbocycles. The van der Waals surface area contributed by atoms with Gasteiger partial charge < -0.3 is 14.4 Å². The maximum atomic E-state index is 13.0. The van der Waals surface area contributed by atoms with Gasteiger partial charge in [-0.25, -0.2) is 8.42 Å². The molecule has 0 aliphatic carbocycles. The van der Waals surface area contributed by atoms with E-state index in [4.69, 9.17) is 21.1 Å². The van der Waals surface area contributed by atoms with Crippen LogP contribution in [0.25, 0.3) is 0 Å². The molecule has 0 bridgehead atoms. The van der Waals surface area contributed by atoms with Gasteiger partial charge in [0.15, 0.2) is 0 Å². The molecule has 1 atom stereocenters. The van der Waals surface area contributed by atoms with Crippen molar-refractivity contribution in [2.45, 2.75) is 29.9 Å². The summed E-state index contributed by atoms with van der Waals surface area (Å²) in [6, 6.07) is 16.0. The first-order valence-electron chi connectivity index (χ1n) is 10.3. The van der Waals surface area contributed by atoms with Gasteiger partial charge in [-0.15, -0.1) is 0 Å². The number of carbonyl (C=O) groups excluding carboxylic acids is 1. The van der Waals surface area contributed by atoms with Gasteiger partial charge in [0.1, 0.15) is 22.9 Å². The van der Waals surface area contributed by atoms with Crippen molar-refractivity contribution in [3.05, 3.63) is 59.6 Å². The van der Waals surface area contributed by atoms with Crippen molar-refractivity contribution in [1.29, 1.82) is 0 Å². The maximum absolute atomic E-state index is 13.0. The molecule has 1 unspecified atom stereocenters. The quantitative estimate of drug-likeness (QED) is 0.680. The van der Waals surface area contributed by atoms with Gasteiger partial charge in [-0.3, -0.25) is 4.79 Å². The summed E-state index contributed by atoms with van der Waals surface area (Å²) < 4.78 is 38.9. The molecule has 166 valence electrons. The Balaban J connectivity index is 1.36. The van der Waals surface area contributed by atoms with Gasteiger partial charge in [0, 0.05) is 39.0 Å². The molecule has 2 heterocycles. The number of amides is 1. The molecule has 9 heteroatoms. The molecular weight excluding hydrogens is 440 g/mol. The van der Waals surface area contributed by atoms with Crippen LogP contribution in [0.2, 0.25) is 5.02 Å². The first-order valence-corrected chi connectivity index (χ1v) is 12.1. The van der Waals surface area contributed by atoms with Crippen molar-refractivity contribution in [2.24, 2.45) is 0 Å². The lowest BCUT2D eigenvalue weighted by Gasteiger charge is -2.37. The number of rotatable bonds is 5. The van der Waals surface area contributed by atoms with Crippen LogP contribution in [-0.2, 0) is 19.6 Å². The van der Waals surface area contributed by atoms with Gasteiger partial charge in [0.05, 0.1) is 11.6 Å². The van der Waals surface area contributed by atoms with E-state index in [1.54, 1.807) is 23.1 Å². The van der Waals surface area contributed by atoms with Crippen LogP contribution < -0.4 is 4.74 Å². The van der Waals surface area contributed by atoms with Crippen molar-refractivity contribution >= 4 is 27.5 Å². The molecule has 2 aromatic rings. The molecule has 0 radical (unpaired) electrons. The molecule has 0 N–H and O–H groups in total. The molecule has 7 nitrogen and oxygen atoms in total. The highest BCUT2D eigenvalue weighted by Crippen LogP contribution is 2.26. The normalized spacial score (nSPS) is 21.1. The second-order valence-corrected chi connectivity index (χ2v) is 9.92. The molecule has 2 aliphatic rings. The van der Waals surface area contributed by atoms with E-state index in [-0.39, 0.29) is 41.6 Å². The van der Waals surface area contributed by atoms with Crippen molar-refractivity contribution in [1.82, 2.24) is 9.21 Å². The van der Waals surface area contributed by atoms with Gasteiger partial charge in [-0.2, -0.15) is 4.31 Å². The summed E-state index contributed by atoms with van der Waals surface area (Å²) in [6.07, 6.45) is 0.665. The molecule has 1 amide bonds. The average Bonchev–Trinajstić information content (AvgIpc) is 2.80. The number of hydrogen-bond donors (Lipinski definition) is 0. The third-order valence-electron chi connectivity index (χ3n) is 5.56. The number of halogens is 1. The van der Waals surface area contributed by atoms with Crippen molar-refractivity contribution in [3.8, 4) is 5.75 Å². The van der Waals surface area contributed by atoms with E-state index in [0.29, 0.717) is 13.1 Å². The second kappa shape index (κ2) is 9.56. The van der Waals surface area contributed by atoms with E-state index >= 15 is 0 Å². The van der Waals surface area contributed by atoms with E-state index < -0.39 is 16.1 Å².